The van der Waals surface area contributed by atoms with Gasteiger partial charge in [-0.2, -0.15) is 0 Å². The smallest absolute Gasteiger partial charge is 0.307 e. The Balaban J connectivity index is 1.56. The molecule has 0 aliphatic heterocycles. The third-order valence-electron chi connectivity index (χ3n) is 5.60. The molecule has 5 nitrogen and oxygen atoms in total. The zero-order chi connectivity index (χ0) is 16.1. The average molecular weight is 313 g/mol. The molecule has 5 heteroatoms. The summed E-state index contributed by atoms with van der Waals surface area (Å²) in [5, 5.41) is 12.5. The molecule has 2 saturated carbocycles. The fraction of sp³-hybridized carbons (Fsp3) is 0.444. The minimum absolute atomic E-state index is 0.00844. The van der Waals surface area contributed by atoms with E-state index < -0.39 is 17.8 Å². The van der Waals surface area contributed by atoms with Crippen LogP contribution in [0, 0.1) is 35.5 Å². The third kappa shape index (κ3) is 2.22. The number of fused-ring (bicyclic) bond motifs is 1. The fourth-order valence-corrected chi connectivity index (χ4v) is 4.47. The van der Waals surface area contributed by atoms with Gasteiger partial charge in [0, 0.05) is 5.69 Å². The molecule has 23 heavy (non-hydrogen) atoms. The van der Waals surface area contributed by atoms with E-state index in [1.165, 1.54) is 0 Å². The summed E-state index contributed by atoms with van der Waals surface area (Å²) in [5.41, 5.74) is 0.665. The number of nitrogens with one attached hydrogen (secondary N) is 1. The van der Waals surface area contributed by atoms with Gasteiger partial charge in [0.05, 0.1) is 18.9 Å². The number of benzene rings is 1. The van der Waals surface area contributed by atoms with Crippen LogP contribution in [-0.4, -0.2) is 24.1 Å². The number of carbonyl (C=O) groups excluding carboxylic acids is 1. The van der Waals surface area contributed by atoms with Gasteiger partial charge < -0.3 is 15.2 Å². The van der Waals surface area contributed by atoms with E-state index in [9.17, 15) is 14.7 Å². The summed E-state index contributed by atoms with van der Waals surface area (Å²) < 4.78 is 5.10. The average Bonchev–Trinajstić information content (AvgIpc) is 3.37. The molecule has 5 rings (SSSR count). The molecule has 0 radical (unpaired) electrons. The number of rotatable bonds is 4. The standard InChI is InChI=1S/C18H19NO4/c1-23-10-4-2-9(3-5-10)19-17(20)15-11-6-7-12(14-8-13(11)14)16(15)18(21)22/h2-7,11-16H,8H2,1H3,(H,19,20)(H,21,22)/t11-,12+,13+,14+,15+,16+/m0/s1. The van der Waals surface area contributed by atoms with Crippen LogP contribution in [0.1, 0.15) is 6.42 Å². The highest BCUT2D eigenvalue weighted by molar-refractivity contribution is 5.96. The largest absolute Gasteiger partial charge is 0.497 e. The Morgan fingerprint density at radius 2 is 1.70 bits per heavy atom. The molecule has 0 spiro atoms. The molecule has 1 aromatic carbocycles. The highest BCUT2D eigenvalue weighted by Crippen LogP contribution is 2.63. The third-order valence-corrected chi connectivity index (χ3v) is 5.60. The first kappa shape index (κ1) is 14.3. The number of aliphatic carboxylic acids is 1. The number of methoxy groups -OCH3 is 1. The minimum atomic E-state index is -0.857. The van der Waals surface area contributed by atoms with Crippen molar-refractivity contribution in [2.75, 3.05) is 12.4 Å². The van der Waals surface area contributed by atoms with Crippen LogP contribution >= 0.6 is 0 Å². The van der Waals surface area contributed by atoms with Crippen LogP contribution in [-0.2, 0) is 9.59 Å². The lowest BCUT2D eigenvalue weighted by Crippen LogP contribution is -2.48. The van der Waals surface area contributed by atoms with E-state index in [0.717, 1.165) is 6.42 Å². The predicted molar refractivity (Wildman–Crippen MR) is 84.0 cm³/mol. The summed E-state index contributed by atoms with van der Waals surface area (Å²) >= 11 is 0. The second-order valence-corrected chi connectivity index (χ2v) is 6.71. The molecule has 0 heterocycles. The topological polar surface area (TPSA) is 75.6 Å². The first-order valence-electron chi connectivity index (χ1n) is 7.96. The molecule has 4 aliphatic carbocycles. The van der Waals surface area contributed by atoms with Gasteiger partial charge in [-0.1, -0.05) is 12.2 Å². The lowest BCUT2D eigenvalue weighted by atomic mass is 9.62. The molecule has 2 bridgehead atoms. The van der Waals surface area contributed by atoms with Crippen LogP contribution in [0.25, 0.3) is 0 Å². The van der Waals surface area contributed by atoms with E-state index in [4.69, 9.17) is 4.74 Å². The summed E-state index contributed by atoms with van der Waals surface area (Å²) in [4.78, 5) is 24.5. The number of carbonyl (C=O) groups is 2. The number of hydrogen-bond donors (Lipinski definition) is 2. The Hall–Kier alpha value is -2.30. The number of amides is 1. The van der Waals surface area contributed by atoms with Gasteiger partial charge in [0.1, 0.15) is 5.75 Å². The summed E-state index contributed by atoms with van der Waals surface area (Å²) in [6.45, 7) is 0. The molecule has 6 atom stereocenters. The van der Waals surface area contributed by atoms with Gasteiger partial charge in [0.15, 0.2) is 0 Å². The predicted octanol–water partition coefficient (Wildman–Crippen LogP) is 2.40. The lowest BCUT2D eigenvalue weighted by molar-refractivity contribution is -0.152. The molecule has 2 fully saturated rings. The van der Waals surface area contributed by atoms with E-state index >= 15 is 0 Å². The molecular weight excluding hydrogens is 294 g/mol. The van der Waals surface area contributed by atoms with Gasteiger partial charge >= 0.3 is 5.97 Å². The first-order valence-corrected chi connectivity index (χ1v) is 7.96. The number of carboxylic acid groups (broad SMARTS) is 1. The monoisotopic (exact) mass is 313 g/mol. The molecule has 0 unspecified atom stereocenters. The summed E-state index contributed by atoms with van der Waals surface area (Å²) in [6, 6.07) is 7.08. The highest BCUT2D eigenvalue weighted by atomic mass is 16.5. The Morgan fingerprint density at radius 3 is 2.26 bits per heavy atom. The SMILES string of the molecule is COc1ccc(NC(=O)[C@@H]2[C@H]3C=C[C@H]([C@H]4C[C@H]34)[C@H]2C(=O)O)cc1. The summed E-state index contributed by atoms with van der Waals surface area (Å²) in [7, 11) is 1.59. The second kappa shape index (κ2) is 5.11. The molecule has 1 amide bonds. The Kier molecular flexibility index (Phi) is 3.18. The Morgan fingerprint density at radius 1 is 1.09 bits per heavy atom. The van der Waals surface area contributed by atoms with Crippen LogP contribution in [0.2, 0.25) is 0 Å². The molecule has 120 valence electrons. The molecule has 0 aromatic heterocycles. The van der Waals surface area contributed by atoms with Gasteiger partial charge in [-0.05, 0) is 54.4 Å². The zero-order valence-electron chi connectivity index (χ0n) is 12.8. The van der Waals surface area contributed by atoms with Crippen molar-refractivity contribution in [3.05, 3.63) is 36.4 Å². The lowest BCUT2D eigenvalue weighted by Gasteiger charge is -2.41. The maximum atomic E-state index is 12.8. The van der Waals surface area contributed by atoms with Gasteiger partial charge in [0.25, 0.3) is 0 Å². The minimum Gasteiger partial charge on any atom is -0.497 e. The van der Waals surface area contributed by atoms with E-state index in [1.54, 1.807) is 31.4 Å². The van der Waals surface area contributed by atoms with E-state index in [-0.39, 0.29) is 17.7 Å². The summed E-state index contributed by atoms with van der Waals surface area (Å²) in [6.07, 6.45) is 5.14. The summed E-state index contributed by atoms with van der Waals surface area (Å²) in [5.74, 6) is -0.383. The van der Waals surface area contributed by atoms with Crippen LogP contribution in [0.4, 0.5) is 5.69 Å². The van der Waals surface area contributed by atoms with Gasteiger partial charge in [-0.15, -0.1) is 0 Å². The Labute approximate surface area is 134 Å². The van der Waals surface area contributed by atoms with Crippen molar-refractivity contribution >= 4 is 17.6 Å². The second-order valence-electron chi connectivity index (χ2n) is 6.71. The highest BCUT2D eigenvalue weighted by Gasteiger charge is 2.62. The van der Waals surface area contributed by atoms with Crippen molar-refractivity contribution in [1.29, 1.82) is 0 Å². The van der Waals surface area contributed by atoms with Crippen LogP contribution in [0.3, 0.4) is 0 Å². The first-order chi connectivity index (χ1) is 11.1. The maximum absolute atomic E-state index is 12.8. The Bertz CT molecular complexity index is 681. The molecule has 2 N–H and O–H groups in total. The van der Waals surface area contributed by atoms with Crippen molar-refractivity contribution in [2.24, 2.45) is 35.5 Å². The number of hydrogen-bond acceptors (Lipinski definition) is 3. The van der Waals surface area contributed by atoms with Crippen LogP contribution < -0.4 is 10.1 Å². The van der Waals surface area contributed by atoms with Crippen LogP contribution in [0.5, 0.6) is 5.75 Å². The number of carboxylic acids is 1. The number of anilines is 1. The van der Waals surface area contributed by atoms with Gasteiger partial charge in [-0.3, -0.25) is 9.59 Å². The van der Waals surface area contributed by atoms with E-state index in [1.807, 2.05) is 6.08 Å². The van der Waals surface area contributed by atoms with E-state index in [0.29, 0.717) is 23.3 Å². The van der Waals surface area contributed by atoms with Crippen molar-refractivity contribution in [3.63, 3.8) is 0 Å². The van der Waals surface area contributed by atoms with E-state index in [2.05, 4.69) is 11.4 Å². The molecule has 4 aliphatic rings. The zero-order valence-corrected chi connectivity index (χ0v) is 12.8. The number of allylic oxidation sites excluding steroid dienone is 2. The quantitative estimate of drug-likeness (QED) is 0.837. The van der Waals surface area contributed by atoms with Crippen molar-refractivity contribution in [2.45, 2.75) is 6.42 Å². The number of ether oxygens (including phenoxy) is 1. The molecule has 0 saturated heterocycles. The van der Waals surface area contributed by atoms with Gasteiger partial charge in [-0.25, -0.2) is 0 Å². The van der Waals surface area contributed by atoms with Crippen LogP contribution in [0.15, 0.2) is 36.4 Å². The van der Waals surface area contributed by atoms with Crippen molar-refractivity contribution < 1.29 is 19.4 Å². The fourth-order valence-electron chi connectivity index (χ4n) is 4.47. The van der Waals surface area contributed by atoms with Gasteiger partial charge in [0.2, 0.25) is 5.91 Å². The van der Waals surface area contributed by atoms with Crippen molar-refractivity contribution in [3.8, 4) is 5.75 Å². The molecular formula is C18H19NO4. The van der Waals surface area contributed by atoms with Crippen molar-refractivity contribution in [1.82, 2.24) is 0 Å². The normalized spacial score (nSPS) is 36.2. The molecule has 1 aromatic rings. The maximum Gasteiger partial charge on any atom is 0.307 e.